The van der Waals surface area contributed by atoms with Gasteiger partial charge in [0.1, 0.15) is 22.8 Å². The molecule has 0 saturated heterocycles. The third-order valence-corrected chi connectivity index (χ3v) is 4.26. The average Bonchev–Trinajstić information content (AvgIpc) is 3.39. The van der Waals surface area contributed by atoms with E-state index in [0.717, 1.165) is 0 Å². The number of rotatable bonds is 6. The van der Waals surface area contributed by atoms with E-state index >= 15 is 0 Å². The standard InChI is InChI=1S/C21H17FN4O4/c1-13-23-24-19(30-13)12-29-21(27)18-11-26(16-8-6-15(22)7-9-16)25-20(18)14-4-3-5-17(10-14)28-2/h3-11H,12H2,1-2H3. The molecule has 0 bridgehead atoms. The lowest BCUT2D eigenvalue weighted by Crippen LogP contribution is -2.06. The normalized spacial score (nSPS) is 10.8. The number of halogens is 1. The molecule has 0 spiro atoms. The summed E-state index contributed by atoms with van der Waals surface area (Å²) in [5.74, 6) is 0.201. The van der Waals surface area contributed by atoms with E-state index in [1.165, 1.54) is 23.0 Å². The highest BCUT2D eigenvalue weighted by atomic mass is 19.1. The summed E-state index contributed by atoms with van der Waals surface area (Å²) in [6, 6.07) is 12.9. The fourth-order valence-electron chi connectivity index (χ4n) is 2.83. The Morgan fingerprint density at radius 1 is 1.17 bits per heavy atom. The van der Waals surface area contributed by atoms with Crippen molar-refractivity contribution < 1.29 is 23.1 Å². The molecule has 4 rings (SSSR count). The van der Waals surface area contributed by atoms with Crippen LogP contribution in [-0.4, -0.2) is 33.1 Å². The average molecular weight is 408 g/mol. The van der Waals surface area contributed by atoms with Crippen LogP contribution >= 0.6 is 0 Å². The van der Waals surface area contributed by atoms with E-state index in [-0.39, 0.29) is 23.9 Å². The van der Waals surface area contributed by atoms with Gasteiger partial charge in [-0.25, -0.2) is 13.9 Å². The Bertz CT molecular complexity index is 1180. The van der Waals surface area contributed by atoms with Crippen molar-refractivity contribution in [3.63, 3.8) is 0 Å². The second-order valence-corrected chi connectivity index (χ2v) is 6.34. The van der Waals surface area contributed by atoms with Gasteiger partial charge in [-0.15, -0.1) is 10.2 Å². The Labute approximate surface area is 170 Å². The van der Waals surface area contributed by atoms with Gasteiger partial charge in [-0.05, 0) is 36.4 Å². The molecule has 152 valence electrons. The zero-order chi connectivity index (χ0) is 21.1. The number of methoxy groups -OCH3 is 1. The Morgan fingerprint density at radius 3 is 2.67 bits per heavy atom. The number of carbonyl (C=O) groups is 1. The number of esters is 1. The summed E-state index contributed by atoms with van der Waals surface area (Å²) in [5, 5.41) is 12.0. The van der Waals surface area contributed by atoms with Gasteiger partial charge in [-0.1, -0.05) is 12.1 Å². The maximum atomic E-state index is 13.3. The monoisotopic (exact) mass is 408 g/mol. The van der Waals surface area contributed by atoms with Crippen LogP contribution in [0, 0.1) is 12.7 Å². The molecule has 0 atom stereocenters. The molecule has 0 N–H and O–H groups in total. The number of nitrogens with zero attached hydrogens (tertiary/aromatic N) is 4. The number of hydrogen-bond acceptors (Lipinski definition) is 7. The van der Waals surface area contributed by atoms with E-state index in [4.69, 9.17) is 13.9 Å². The minimum absolute atomic E-state index is 0.168. The lowest BCUT2D eigenvalue weighted by atomic mass is 10.1. The van der Waals surface area contributed by atoms with Gasteiger partial charge in [0.15, 0.2) is 6.61 Å². The van der Waals surface area contributed by atoms with Crippen LogP contribution in [0.5, 0.6) is 5.75 Å². The van der Waals surface area contributed by atoms with Crippen molar-refractivity contribution in [3.8, 4) is 22.7 Å². The van der Waals surface area contributed by atoms with Crippen molar-refractivity contribution in [2.75, 3.05) is 7.11 Å². The van der Waals surface area contributed by atoms with Gasteiger partial charge in [0, 0.05) is 18.7 Å². The van der Waals surface area contributed by atoms with Crippen molar-refractivity contribution in [1.29, 1.82) is 0 Å². The zero-order valence-corrected chi connectivity index (χ0v) is 16.2. The summed E-state index contributed by atoms with van der Waals surface area (Å²) in [7, 11) is 1.55. The summed E-state index contributed by atoms with van der Waals surface area (Å²) >= 11 is 0. The SMILES string of the molecule is COc1cccc(-c2nn(-c3ccc(F)cc3)cc2C(=O)OCc2nnc(C)o2)c1. The van der Waals surface area contributed by atoms with Gasteiger partial charge in [-0.2, -0.15) is 5.10 Å². The lowest BCUT2D eigenvalue weighted by molar-refractivity contribution is 0.0437. The molecule has 0 amide bonds. The van der Waals surface area contributed by atoms with Crippen molar-refractivity contribution in [1.82, 2.24) is 20.0 Å². The van der Waals surface area contributed by atoms with E-state index in [2.05, 4.69) is 15.3 Å². The quantitative estimate of drug-likeness (QED) is 0.449. The first-order chi connectivity index (χ1) is 14.5. The van der Waals surface area contributed by atoms with Crippen molar-refractivity contribution >= 4 is 5.97 Å². The Hall–Kier alpha value is -4.01. The van der Waals surface area contributed by atoms with Gasteiger partial charge in [0.25, 0.3) is 5.89 Å². The number of hydrogen-bond donors (Lipinski definition) is 0. The van der Waals surface area contributed by atoms with Crippen LogP contribution in [0.3, 0.4) is 0 Å². The molecule has 2 aromatic carbocycles. The second kappa shape index (κ2) is 8.16. The molecule has 8 nitrogen and oxygen atoms in total. The van der Waals surface area contributed by atoms with Crippen molar-refractivity contribution in [2.24, 2.45) is 0 Å². The van der Waals surface area contributed by atoms with Crippen LogP contribution < -0.4 is 4.74 Å². The van der Waals surface area contributed by atoms with Crippen molar-refractivity contribution in [3.05, 3.63) is 77.9 Å². The molecule has 0 saturated carbocycles. The first kappa shape index (κ1) is 19.3. The van der Waals surface area contributed by atoms with E-state index in [0.29, 0.717) is 28.6 Å². The largest absolute Gasteiger partial charge is 0.497 e. The van der Waals surface area contributed by atoms with E-state index in [9.17, 15) is 9.18 Å². The molecule has 0 radical (unpaired) electrons. The molecule has 2 heterocycles. The van der Waals surface area contributed by atoms with E-state index in [1.807, 2.05) is 0 Å². The topological polar surface area (TPSA) is 92.3 Å². The highest BCUT2D eigenvalue weighted by Crippen LogP contribution is 2.27. The maximum Gasteiger partial charge on any atom is 0.342 e. The molecule has 0 aliphatic rings. The summed E-state index contributed by atoms with van der Waals surface area (Å²) in [6.45, 7) is 1.48. The minimum atomic E-state index is -0.614. The molecule has 0 fully saturated rings. The highest BCUT2D eigenvalue weighted by Gasteiger charge is 2.21. The predicted molar refractivity (Wildman–Crippen MR) is 104 cm³/mol. The molecule has 2 aromatic heterocycles. The molecule has 9 heteroatoms. The van der Waals surface area contributed by atoms with Gasteiger partial charge in [0.2, 0.25) is 5.89 Å². The van der Waals surface area contributed by atoms with Crippen LogP contribution in [0.25, 0.3) is 16.9 Å². The molecule has 30 heavy (non-hydrogen) atoms. The third-order valence-electron chi connectivity index (χ3n) is 4.26. The van der Waals surface area contributed by atoms with Crippen LogP contribution in [-0.2, 0) is 11.3 Å². The minimum Gasteiger partial charge on any atom is -0.497 e. The fourth-order valence-corrected chi connectivity index (χ4v) is 2.83. The Kier molecular flexibility index (Phi) is 5.25. The number of carbonyl (C=O) groups excluding carboxylic acids is 1. The molecular weight excluding hydrogens is 391 g/mol. The fraction of sp³-hybridized carbons (Fsp3) is 0.143. The number of aryl methyl sites for hydroxylation is 1. The van der Waals surface area contributed by atoms with Crippen LogP contribution in [0.2, 0.25) is 0 Å². The number of benzene rings is 2. The first-order valence-corrected chi connectivity index (χ1v) is 8.99. The number of aromatic nitrogens is 4. The highest BCUT2D eigenvalue weighted by molar-refractivity contribution is 5.96. The molecule has 4 aromatic rings. The Morgan fingerprint density at radius 2 is 1.97 bits per heavy atom. The summed E-state index contributed by atoms with van der Waals surface area (Å²) in [6.07, 6.45) is 1.53. The van der Waals surface area contributed by atoms with Crippen LogP contribution in [0.1, 0.15) is 22.1 Å². The van der Waals surface area contributed by atoms with Gasteiger partial charge < -0.3 is 13.9 Å². The van der Waals surface area contributed by atoms with Crippen LogP contribution in [0.15, 0.2) is 59.1 Å². The second-order valence-electron chi connectivity index (χ2n) is 6.34. The van der Waals surface area contributed by atoms with E-state index in [1.54, 1.807) is 50.4 Å². The first-order valence-electron chi connectivity index (χ1n) is 8.99. The molecule has 0 aliphatic carbocycles. The number of ether oxygens (including phenoxy) is 2. The van der Waals surface area contributed by atoms with E-state index < -0.39 is 5.97 Å². The van der Waals surface area contributed by atoms with Crippen molar-refractivity contribution in [2.45, 2.75) is 13.5 Å². The Balaban J connectivity index is 1.70. The van der Waals surface area contributed by atoms with Gasteiger partial charge in [0.05, 0.1) is 12.8 Å². The van der Waals surface area contributed by atoms with Gasteiger partial charge >= 0.3 is 5.97 Å². The van der Waals surface area contributed by atoms with Gasteiger partial charge in [-0.3, -0.25) is 0 Å². The molecular formula is C21H17FN4O4. The smallest absolute Gasteiger partial charge is 0.342 e. The summed E-state index contributed by atoms with van der Waals surface area (Å²) < 4.78 is 30.6. The predicted octanol–water partition coefficient (Wildman–Crippen LogP) is 3.74. The third kappa shape index (κ3) is 4.04. The molecule has 0 unspecified atom stereocenters. The maximum absolute atomic E-state index is 13.3. The summed E-state index contributed by atoms with van der Waals surface area (Å²) in [4.78, 5) is 12.8. The lowest BCUT2D eigenvalue weighted by Gasteiger charge is -2.05. The zero-order valence-electron chi connectivity index (χ0n) is 16.2. The summed E-state index contributed by atoms with van der Waals surface area (Å²) in [5.41, 5.74) is 1.87. The van der Waals surface area contributed by atoms with Crippen LogP contribution in [0.4, 0.5) is 4.39 Å². The molecule has 0 aliphatic heterocycles.